The number of likely N-dealkylation sites (tertiary alicyclic amines) is 1. The summed E-state index contributed by atoms with van der Waals surface area (Å²) in [5.41, 5.74) is 2.53. The number of hydrogen-bond acceptors (Lipinski definition) is 5. The Morgan fingerprint density at radius 2 is 1.93 bits per heavy atom. The van der Waals surface area contributed by atoms with Crippen LogP contribution in [0.3, 0.4) is 0 Å². The van der Waals surface area contributed by atoms with Crippen LogP contribution in [-0.2, 0) is 6.54 Å². The summed E-state index contributed by atoms with van der Waals surface area (Å²) in [4.78, 5) is 26.9. The lowest BCUT2D eigenvalue weighted by molar-refractivity contribution is 0.0811. The second kappa shape index (κ2) is 7.53. The summed E-state index contributed by atoms with van der Waals surface area (Å²) in [6.07, 6.45) is 1.89. The van der Waals surface area contributed by atoms with E-state index in [2.05, 4.69) is 4.90 Å². The maximum absolute atomic E-state index is 13.0. The highest BCUT2D eigenvalue weighted by molar-refractivity contribution is 5.98. The topological polar surface area (TPSA) is 55.8 Å². The van der Waals surface area contributed by atoms with Gasteiger partial charge in [0.25, 0.3) is 0 Å². The monoisotopic (exact) mass is 365 g/mol. The molecule has 0 radical (unpaired) electrons. The van der Waals surface area contributed by atoms with Gasteiger partial charge in [-0.15, -0.1) is 0 Å². The van der Waals surface area contributed by atoms with Gasteiger partial charge in [-0.05, 0) is 56.1 Å². The van der Waals surface area contributed by atoms with Gasteiger partial charge in [0.15, 0.2) is 23.1 Å². The molecule has 0 amide bonds. The van der Waals surface area contributed by atoms with Crippen molar-refractivity contribution >= 4 is 11.6 Å². The van der Waals surface area contributed by atoms with Crippen molar-refractivity contribution in [3.8, 4) is 11.5 Å². The summed E-state index contributed by atoms with van der Waals surface area (Å²) < 4.78 is 10.7. The van der Waals surface area contributed by atoms with E-state index in [1.165, 1.54) is 0 Å². The fourth-order valence-electron chi connectivity index (χ4n) is 3.85. The van der Waals surface area contributed by atoms with Crippen molar-refractivity contribution in [2.75, 3.05) is 19.9 Å². The summed E-state index contributed by atoms with van der Waals surface area (Å²) in [6, 6.07) is 13.2. The van der Waals surface area contributed by atoms with E-state index in [1.807, 2.05) is 36.4 Å². The molecule has 0 aliphatic carbocycles. The Kier molecular flexibility index (Phi) is 4.94. The second-order valence-electron chi connectivity index (χ2n) is 7.26. The van der Waals surface area contributed by atoms with Crippen molar-refractivity contribution in [3.05, 3.63) is 59.2 Å². The molecule has 2 aromatic rings. The van der Waals surface area contributed by atoms with Crippen molar-refractivity contribution in [2.24, 2.45) is 5.92 Å². The summed E-state index contributed by atoms with van der Waals surface area (Å²) >= 11 is 0. The second-order valence-corrected chi connectivity index (χ2v) is 7.26. The quantitative estimate of drug-likeness (QED) is 0.756. The third-order valence-corrected chi connectivity index (χ3v) is 5.27. The molecule has 2 aliphatic heterocycles. The minimum Gasteiger partial charge on any atom is -0.454 e. The van der Waals surface area contributed by atoms with Crippen LogP contribution in [0.15, 0.2) is 42.5 Å². The molecule has 140 valence electrons. The van der Waals surface area contributed by atoms with E-state index in [1.54, 1.807) is 13.0 Å². The molecule has 27 heavy (non-hydrogen) atoms. The Morgan fingerprint density at radius 3 is 2.78 bits per heavy atom. The average molecular weight is 365 g/mol. The van der Waals surface area contributed by atoms with Crippen molar-refractivity contribution in [2.45, 2.75) is 26.3 Å². The molecular weight excluding hydrogens is 342 g/mol. The number of ketones is 2. The van der Waals surface area contributed by atoms with Crippen LogP contribution in [-0.4, -0.2) is 36.3 Å². The van der Waals surface area contributed by atoms with Gasteiger partial charge in [-0.2, -0.15) is 0 Å². The molecule has 0 bridgehead atoms. The van der Waals surface area contributed by atoms with Gasteiger partial charge in [0.05, 0.1) is 0 Å². The zero-order chi connectivity index (χ0) is 18.8. The van der Waals surface area contributed by atoms with Gasteiger partial charge in [0.2, 0.25) is 6.79 Å². The van der Waals surface area contributed by atoms with Crippen LogP contribution in [0.4, 0.5) is 0 Å². The van der Waals surface area contributed by atoms with E-state index in [9.17, 15) is 9.59 Å². The van der Waals surface area contributed by atoms with Crippen LogP contribution in [0.25, 0.3) is 0 Å². The molecule has 2 aliphatic rings. The van der Waals surface area contributed by atoms with E-state index in [4.69, 9.17) is 9.47 Å². The molecule has 2 aromatic carbocycles. The predicted molar refractivity (Wildman–Crippen MR) is 101 cm³/mol. The summed E-state index contributed by atoms with van der Waals surface area (Å²) in [5, 5.41) is 0. The minimum absolute atomic E-state index is 0.0184. The van der Waals surface area contributed by atoms with Crippen molar-refractivity contribution in [1.82, 2.24) is 4.90 Å². The lowest BCUT2D eigenvalue weighted by Crippen LogP contribution is -2.38. The van der Waals surface area contributed by atoms with Crippen molar-refractivity contribution in [3.63, 3.8) is 0 Å². The standard InChI is InChI=1S/C22H23NO4/c1-15(24)17-5-2-4-16(10-17)12-23-9-3-6-19(13-23)22(25)18-7-8-20-21(11-18)27-14-26-20/h2,4-5,7-8,10-11,19H,3,6,9,12-14H2,1H3/t19-/m1/s1. The fourth-order valence-corrected chi connectivity index (χ4v) is 3.85. The maximum atomic E-state index is 13.0. The molecule has 0 saturated carbocycles. The summed E-state index contributed by atoms with van der Waals surface area (Å²) in [5.74, 6) is 1.56. The highest BCUT2D eigenvalue weighted by atomic mass is 16.7. The molecule has 4 rings (SSSR count). The average Bonchev–Trinajstić information content (AvgIpc) is 3.15. The van der Waals surface area contributed by atoms with Gasteiger partial charge in [0.1, 0.15) is 0 Å². The fraction of sp³-hybridized carbons (Fsp3) is 0.364. The zero-order valence-corrected chi connectivity index (χ0v) is 15.4. The smallest absolute Gasteiger partial charge is 0.231 e. The van der Waals surface area contributed by atoms with Crippen LogP contribution >= 0.6 is 0 Å². The molecule has 0 aromatic heterocycles. The van der Waals surface area contributed by atoms with Gasteiger partial charge < -0.3 is 9.47 Å². The normalized spacial score (nSPS) is 19.1. The molecule has 0 unspecified atom stereocenters. The Balaban J connectivity index is 1.44. The van der Waals surface area contributed by atoms with Gasteiger partial charge in [-0.3, -0.25) is 14.5 Å². The number of fused-ring (bicyclic) bond motifs is 1. The molecule has 1 fully saturated rings. The van der Waals surface area contributed by atoms with Gasteiger partial charge >= 0.3 is 0 Å². The number of nitrogens with zero attached hydrogens (tertiary/aromatic N) is 1. The van der Waals surface area contributed by atoms with E-state index in [0.29, 0.717) is 17.1 Å². The lowest BCUT2D eigenvalue weighted by atomic mass is 9.89. The van der Waals surface area contributed by atoms with Crippen LogP contribution in [0.1, 0.15) is 46.0 Å². The SMILES string of the molecule is CC(=O)c1cccc(CN2CCC[C@@H](C(=O)c3ccc4c(c3)OCO4)C2)c1. The largest absolute Gasteiger partial charge is 0.454 e. The molecule has 0 N–H and O–H groups in total. The number of benzene rings is 2. The van der Waals surface area contributed by atoms with Gasteiger partial charge in [-0.25, -0.2) is 0 Å². The first-order valence-electron chi connectivity index (χ1n) is 9.36. The third-order valence-electron chi connectivity index (χ3n) is 5.27. The number of ether oxygens (including phenoxy) is 2. The number of piperidine rings is 1. The Morgan fingerprint density at radius 1 is 1.07 bits per heavy atom. The minimum atomic E-state index is -0.0184. The summed E-state index contributed by atoms with van der Waals surface area (Å²) in [6.45, 7) is 4.25. The van der Waals surface area contributed by atoms with E-state index >= 15 is 0 Å². The Labute approximate surface area is 158 Å². The van der Waals surface area contributed by atoms with Gasteiger partial charge in [0, 0.05) is 30.1 Å². The van der Waals surface area contributed by atoms with E-state index < -0.39 is 0 Å². The Bertz CT molecular complexity index is 876. The molecule has 1 atom stereocenters. The van der Waals surface area contributed by atoms with Gasteiger partial charge in [-0.1, -0.05) is 18.2 Å². The van der Waals surface area contributed by atoms with E-state index in [0.717, 1.165) is 43.6 Å². The summed E-state index contributed by atoms with van der Waals surface area (Å²) in [7, 11) is 0. The number of Topliss-reactive ketones (excluding diaryl/α,β-unsaturated/α-hetero) is 2. The zero-order valence-electron chi connectivity index (χ0n) is 15.4. The Hall–Kier alpha value is -2.66. The van der Waals surface area contributed by atoms with Crippen LogP contribution < -0.4 is 9.47 Å². The van der Waals surface area contributed by atoms with Crippen molar-refractivity contribution < 1.29 is 19.1 Å². The first kappa shape index (κ1) is 17.7. The number of carbonyl (C=O) groups is 2. The number of rotatable bonds is 5. The first-order chi connectivity index (χ1) is 13.1. The molecule has 1 saturated heterocycles. The third kappa shape index (κ3) is 3.88. The lowest BCUT2D eigenvalue weighted by Gasteiger charge is -2.32. The number of carbonyl (C=O) groups excluding carboxylic acids is 2. The molecule has 0 spiro atoms. The van der Waals surface area contributed by atoms with Crippen LogP contribution in [0, 0.1) is 5.92 Å². The first-order valence-corrected chi connectivity index (χ1v) is 9.36. The van der Waals surface area contributed by atoms with Crippen LogP contribution in [0.2, 0.25) is 0 Å². The molecular formula is C22H23NO4. The number of hydrogen-bond donors (Lipinski definition) is 0. The molecule has 5 heteroatoms. The maximum Gasteiger partial charge on any atom is 0.231 e. The highest BCUT2D eigenvalue weighted by Crippen LogP contribution is 2.34. The van der Waals surface area contributed by atoms with E-state index in [-0.39, 0.29) is 24.3 Å². The van der Waals surface area contributed by atoms with Crippen molar-refractivity contribution in [1.29, 1.82) is 0 Å². The molecule has 2 heterocycles. The predicted octanol–water partition coefficient (Wildman–Crippen LogP) is 3.71. The molecule has 5 nitrogen and oxygen atoms in total. The van der Waals surface area contributed by atoms with Crippen LogP contribution in [0.5, 0.6) is 11.5 Å². The highest BCUT2D eigenvalue weighted by Gasteiger charge is 2.28.